The third kappa shape index (κ3) is 18.3. The number of rotatable bonds is 31. The lowest BCUT2D eigenvalue weighted by atomic mass is 9.98. The Labute approximate surface area is 557 Å². The maximum Gasteiger partial charge on any atom is 0.410 e. The molecular formula is C70H88F2N7O16P. The van der Waals surface area contributed by atoms with Crippen molar-refractivity contribution in [1.82, 2.24) is 25.1 Å². The van der Waals surface area contributed by atoms with Crippen molar-refractivity contribution >= 4 is 77.3 Å². The molecule has 96 heavy (non-hydrogen) atoms. The summed E-state index contributed by atoms with van der Waals surface area (Å²) in [4.78, 5) is 119. The Hall–Kier alpha value is -8.22. The van der Waals surface area contributed by atoms with Crippen LogP contribution < -0.4 is 32.3 Å². The minimum Gasteiger partial charge on any atom is -0.438 e. The molecule has 26 heteroatoms. The van der Waals surface area contributed by atoms with Gasteiger partial charge in [-0.05, 0) is 164 Å². The van der Waals surface area contributed by atoms with Crippen LogP contribution >= 0.6 is 7.60 Å². The van der Waals surface area contributed by atoms with Gasteiger partial charge >= 0.3 is 30.9 Å². The molecule has 23 nitrogen and oxygen atoms in total. The molecule has 4 aromatic carbocycles. The average Bonchev–Trinajstić information content (AvgIpc) is 1.63. The van der Waals surface area contributed by atoms with Crippen LogP contribution in [0.5, 0.6) is 0 Å². The van der Waals surface area contributed by atoms with E-state index in [-0.39, 0.29) is 56.7 Å². The standard InChI is InChI=1S/C70H88F2N7O16P/c1-43(48-24-27-51(28-25-48)70(71,72)96(89,94-41-92-65(86)68(3,4)5)95-42-93-66(87)69(6,7)8)37-60(82)74-53-29-26-49-17-13-18-50-39-57(79(61(49)50)64(53)85)63(84)75-52(30-33-58(73)80)44(2)91-40-47-21-19-45(20-22-47)16-14-36-90-35-12-10-11-15-46-23-31-54-56(38-46)77(9)67(88)78(54)55-32-34-59(81)76-62(55)83/h13,17-25,27-28,31,37-38,44,52-53,55,57H,10-12,14-16,26,29-30,32-36,39-42H2,1-9H3,(H2,73,80)(H,74,82)(H,75,84)(H,76,81,83)/b43-37+/t44-,52+,53+,55?,57+/m1/s1. The number of hydrogen-bond acceptors (Lipinski definition) is 16. The van der Waals surface area contributed by atoms with Gasteiger partial charge in [0.25, 0.3) is 0 Å². The molecule has 0 bridgehead atoms. The van der Waals surface area contributed by atoms with Gasteiger partial charge in [-0.2, -0.15) is 8.78 Å². The second-order valence-corrected chi connectivity index (χ2v) is 28.8. The zero-order valence-corrected chi connectivity index (χ0v) is 56.8. The Balaban J connectivity index is 0.807. The topological polar surface area (TPSA) is 301 Å². The van der Waals surface area contributed by atoms with Crippen molar-refractivity contribution < 1.29 is 79.7 Å². The molecule has 0 saturated carbocycles. The third-order valence-corrected chi connectivity index (χ3v) is 19.1. The number of halogens is 2. The molecule has 0 aliphatic carbocycles. The van der Waals surface area contributed by atoms with Crippen LogP contribution in [0.3, 0.4) is 0 Å². The number of para-hydroxylation sites is 1. The SMILES string of the molecule is C/C(=C\C(=O)N[C@H]1CCc2cccc3c2N(C1=O)[C@H](C(=O)N[C@@H](CCC(N)=O)[C@@H](C)OCc1ccc(CCCOCCCCCc2ccc4c(c2)n(C)c(=O)n4C2CCC(=O)NC2=O)cc1)C3)c1ccc(C(F)(F)P(=O)(OCOC(=O)C(C)(C)C)OCOC(=O)C(C)(C)C)cc1. The summed E-state index contributed by atoms with van der Waals surface area (Å²) in [5.41, 5.74) is 5.26. The summed E-state index contributed by atoms with van der Waals surface area (Å²) in [7, 11) is -3.91. The van der Waals surface area contributed by atoms with Gasteiger partial charge in [0, 0.05) is 51.2 Å². The molecule has 3 aliphatic rings. The van der Waals surface area contributed by atoms with Crippen molar-refractivity contribution in [3.8, 4) is 0 Å². The maximum absolute atomic E-state index is 16.3. The number of hydrogen-bond donors (Lipinski definition) is 4. The first-order valence-corrected chi connectivity index (χ1v) is 34.0. The number of unbranched alkanes of at least 4 members (excludes halogenated alkanes) is 2. The van der Waals surface area contributed by atoms with Crippen LogP contribution in [0.15, 0.2) is 95.8 Å². The summed E-state index contributed by atoms with van der Waals surface area (Å²) in [5.74, 6) is -4.73. The smallest absolute Gasteiger partial charge is 0.410 e. The first-order valence-electron chi connectivity index (χ1n) is 32.4. The molecule has 3 aliphatic heterocycles. The van der Waals surface area contributed by atoms with Gasteiger partial charge in [-0.1, -0.05) is 79.2 Å². The van der Waals surface area contributed by atoms with Gasteiger partial charge in [-0.25, -0.2) is 4.79 Å². The molecule has 6 amide bonds. The Bertz CT molecular complexity index is 3800. The molecule has 0 radical (unpaired) electrons. The molecule has 518 valence electrons. The van der Waals surface area contributed by atoms with Crippen molar-refractivity contribution in [2.45, 2.75) is 181 Å². The second-order valence-electron chi connectivity index (χ2n) is 26.7. The number of alkyl halides is 2. The van der Waals surface area contributed by atoms with E-state index in [4.69, 9.17) is 33.7 Å². The molecule has 0 spiro atoms. The second kappa shape index (κ2) is 31.8. The van der Waals surface area contributed by atoms with E-state index in [0.29, 0.717) is 42.0 Å². The van der Waals surface area contributed by atoms with Crippen molar-refractivity contribution in [3.63, 3.8) is 0 Å². The van der Waals surface area contributed by atoms with E-state index in [0.717, 1.165) is 84.0 Å². The Morgan fingerprint density at radius 2 is 1.40 bits per heavy atom. The summed E-state index contributed by atoms with van der Waals surface area (Å²) in [6.45, 7) is 11.5. The van der Waals surface area contributed by atoms with Gasteiger partial charge < -0.3 is 35.3 Å². The molecule has 5 atom stereocenters. The van der Waals surface area contributed by atoms with Gasteiger partial charge in [0.1, 0.15) is 18.1 Å². The molecular weight excluding hydrogens is 1260 g/mol. The van der Waals surface area contributed by atoms with E-state index in [1.54, 1.807) is 25.5 Å². The van der Waals surface area contributed by atoms with Gasteiger partial charge in [0.2, 0.25) is 49.0 Å². The van der Waals surface area contributed by atoms with Crippen molar-refractivity contribution in [1.29, 1.82) is 0 Å². The van der Waals surface area contributed by atoms with Crippen LogP contribution in [0.2, 0.25) is 0 Å². The highest BCUT2D eigenvalue weighted by atomic mass is 31.2. The Kier molecular flexibility index (Phi) is 24.3. The lowest BCUT2D eigenvalue weighted by Gasteiger charge is -2.31. The highest BCUT2D eigenvalue weighted by molar-refractivity contribution is 7.54. The number of aromatic nitrogens is 2. The number of anilines is 1. The highest BCUT2D eigenvalue weighted by Crippen LogP contribution is 2.67. The normalized spacial score (nSPS) is 17.5. The van der Waals surface area contributed by atoms with E-state index in [1.807, 2.05) is 60.7 Å². The number of nitrogens with one attached hydrogen (secondary N) is 3. The average molecular weight is 1350 g/mol. The summed E-state index contributed by atoms with van der Waals surface area (Å²) < 4.78 is 81.5. The number of nitrogens with zero attached hydrogens (tertiary/aromatic N) is 3. The quantitative estimate of drug-likeness (QED) is 0.00802. The lowest BCUT2D eigenvalue weighted by Crippen LogP contribution is -2.56. The molecule has 8 rings (SSSR count). The third-order valence-electron chi connectivity index (χ3n) is 17.3. The zero-order valence-electron chi connectivity index (χ0n) is 55.9. The number of imide groups is 1. The van der Waals surface area contributed by atoms with E-state index < -0.39 is 115 Å². The van der Waals surface area contributed by atoms with Gasteiger partial charge in [-0.15, -0.1) is 0 Å². The van der Waals surface area contributed by atoms with E-state index in [1.165, 1.54) is 69.2 Å². The summed E-state index contributed by atoms with van der Waals surface area (Å²) in [6.07, 6.45) is 7.17. The lowest BCUT2D eigenvalue weighted by molar-refractivity contribution is -0.163. The molecule has 1 fully saturated rings. The first-order chi connectivity index (χ1) is 45.4. The van der Waals surface area contributed by atoms with E-state index in [9.17, 15) is 47.7 Å². The summed E-state index contributed by atoms with van der Waals surface area (Å²) in [5, 5.41) is 8.20. The monoisotopic (exact) mass is 1350 g/mol. The number of imidazole rings is 1. The predicted octanol–water partition coefficient (Wildman–Crippen LogP) is 9.20. The molecule has 1 unspecified atom stereocenters. The van der Waals surface area contributed by atoms with Crippen molar-refractivity contribution in [2.75, 3.05) is 31.7 Å². The number of primary amides is 1. The van der Waals surface area contributed by atoms with E-state index in [2.05, 4.69) is 16.0 Å². The number of carbonyl (C=O) groups is 8. The Morgan fingerprint density at radius 1 is 0.771 bits per heavy atom. The van der Waals surface area contributed by atoms with Crippen molar-refractivity contribution in [2.24, 2.45) is 23.6 Å². The van der Waals surface area contributed by atoms with Crippen LogP contribution in [0, 0.1) is 10.8 Å². The molecule has 1 saturated heterocycles. The number of aryl methyl sites for hydroxylation is 4. The van der Waals surface area contributed by atoms with Gasteiger partial charge in [0.05, 0.1) is 46.3 Å². The largest absolute Gasteiger partial charge is 0.438 e. The molecule has 4 heterocycles. The summed E-state index contributed by atoms with van der Waals surface area (Å²) in [6, 6.07) is 20.3. The number of carbonyl (C=O) groups excluding carboxylic acids is 8. The fourth-order valence-electron chi connectivity index (χ4n) is 11.6. The first kappa shape index (κ1) is 73.6. The number of esters is 2. The summed E-state index contributed by atoms with van der Waals surface area (Å²) >= 11 is 0. The number of ether oxygens (including phenoxy) is 4. The molecule has 1 aromatic heterocycles. The van der Waals surface area contributed by atoms with Crippen LogP contribution in [0.1, 0.15) is 158 Å². The number of benzene rings is 4. The fraction of sp³-hybridized carbons (Fsp3) is 0.500. The van der Waals surface area contributed by atoms with Crippen LogP contribution in [0.4, 0.5) is 14.5 Å². The zero-order chi connectivity index (χ0) is 69.9. The van der Waals surface area contributed by atoms with Gasteiger partial charge in [0.15, 0.2) is 0 Å². The number of allylic oxidation sites excluding steroid dienone is 1. The minimum atomic E-state index is -5.60. The van der Waals surface area contributed by atoms with Crippen LogP contribution in [0.25, 0.3) is 16.6 Å². The van der Waals surface area contributed by atoms with Crippen LogP contribution in [-0.2, 0) is 116 Å². The molecule has 5 aromatic rings. The van der Waals surface area contributed by atoms with E-state index >= 15 is 8.78 Å². The predicted molar refractivity (Wildman–Crippen MR) is 353 cm³/mol. The Morgan fingerprint density at radius 3 is 2.04 bits per heavy atom. The van der Waals surface area contributed by atoms with Gasteiger partial charge in [-0.3, -0.25) is 71.3 Å². The number of amides is 6. The highest BCUT2D eigenvalue weighted by Gasteiger charge is 2.56. The fourth-order valence-corrected chi connectivity index (χ4v) is 12.9. The van der Waals surface area contributed by atoms with Crippen molar-refractivity contribution in [3.05, 3.63) is 140 Å². The number of fused-ring (bicyclic) bond motifs is 1. The number of nitrogens with two attached hydrogens (primary N) is 1. The number of piperidine rings is 1. The maximum atomic E-state index is 16.3. The minimum absolute atomic E-state index is 0.0514. The van der Waals surface area contributed by atoms with Crippen LogP contribution in [-0.4, -0.2) is 108 Å². The molecule has 5 N–H and O–H groups in total.